The van der Waals surface area contributed by atoms with Crippen LogP contribution in [0, 0.1) is 17.8 Å². The van der Waals surface area contributed by atoms with Gasteiger partial charge in [-0.05, 0) is 43.9 Å². The molecular weight excluding hydrogens is 284 g/mol. The van der Waals surface area contributed by atoms with E-state index in [2.05, 4.69) is 12.2 Å². The number of methoxy groups -OCH3 is 1. The van der Waals surface area contributed by atoms with E-state index >= 15 is 0 Å². The van der Waals surface area contributed by atoms with E-state index in [4.69, 9.17) is 10.5 Å². The average Bonchev–Trinajstić information content (AvgIpc) is 3.12. The van der Waals surface area contributed by atoms with Crippen LogP contribution in [-0.2, 0) is 0 Å². The van der Waals surface area contributed by atoms with Crippen LogP contribution in [0.2, 0.25) is 0 Å². The van der Waals surface area contributed by atoms with Crippen LogP contribution in [0.15, 0.2) is 0 Å². The first-order chi connectivity index (χ1) is 10.0. The number of Topliss-reactive ketones (excluding diaryl/α,β-unsaturated/α-hetero) is 1. The van der Waals surface area contributed by atoms with Crippen molar-refractivity contribution in [1.82, 2.24) is 0 Å². The molecule has 4 nitrogen and oxygen atoms in total. The minimum atomic E-state index is -0.00331. The molecule has 2 fully saturated rings. The van der Waals surface area contributed by atoms with Crippen molar-refractivity contribution in [3.8, 4) is 5.75 Å². The van der Waals surface area contributed by atoms with Gasteiger partial charge in [0.25, 0.3) is 0 Å². The summed E-state index contributed by atoms with van der Waals surface area (Å²) in [5, 5.41) is 4.46. The Morgan fingerprint density at radius 3 is 2.71 bits per heavy atom. The maximum Gasteiger partial charge on any atom is 0.176 e. The standard InChI is InChI=1S/C16H24N2O2S/c1-8(12-7-10-4-5-11(12)6-10)18-16-14(20-3)13(17)15(21-16)9(2)19/h8,10-12,18H,4-7,17H2,1-3H3. The summed E-state index contributed by atoms with van der Waals surface area (Å²) >= 11 is 1.42. The van der Waals surface area contributed by atoms with E-state index in [1.807, 2.05) is 0 Å². The van der Waals surface area contributed by atoms with Crippen molar-refractivity contribution in [2.24, 2.45) is 17.8 Å². The van der Waals surface area contributed by atoms with E-state index in [-0.39, 0.29) is 5.78 Å². The van der Waals surface area contributed by atoms with E-state index in [1.54, 1.807) is 14.0 Å². The van der Waals surface area contributed by atoms with Crippen LogP contribution in [0.25, 0.3) is 0 Å². The second-order valence-electron chi connectivity index (χ2n) is 6.54. The van der Waals surface area contributed by atoms with Crippen LogP contribution >= 0.6 is 11.3 Å². The zero-order chi connectivity index (χ0) is 15.1. The number of nitrogens with one attached hydrogen (secondary N) is 1. The van der Waals surface area contributed by atoms with Gasteiger partial charge in [-0.15, -0.1) is 11.3 Å². The number of fused-ring (bicyclic) bond motifs is 2. The average molecular weight is 308 g/mol. The highest BCUT2D eigenvalue weighted by Crippen LogP contribution is 2.51. The Morgan fingerprint density at radius 1 is 1.43 bits per heavy atom. The zero-order valence-corrected chi connectivity index (χ0v) is 13.8. The summed E-state index contributed by atoms with van der Waals surface area (Å²) in [6, 6.07) is 0.395. The van der Waals surface area contributed by atoms with Crippen LogP contribution in [0.5, 0.6) is 5.75 Å². The Bertz CT molecular complexity index is 555. The van der Waals surface area contributed by atoms with Gasteiger partial charge in [-0.2, -0.15) is 0 Å². The molecule has 4 atom stereocenters. The number of ether oxygens (including phenoxy) is 1. The van der Waals surface area contributed by atoms with E-state index in [0.717, 1.165) is 22.8 Å². The first-order valence-electron chi connectivity index (χ1n) is 7.75. The highest BCUT2D eigenvalue weighted by Gasteiger charge is 2.42. The fourth-order valence-electron chi connectivity index (χ4n) is 4.21. The summed E-state index contributed by atoms with van der Waals surface area (Å²) in [5.41, 5.74) is 6.50. The highest BCUT2D eigenvalue weighted by molar-refractivity contribution is 7.19. The number of hydrogen-bond donors (Lipinski definition) is 2. The Morgan fingerprint density at radius 2 is 2.19 bits per heavy atom. The molecule has 1 aromatic heterocycles. The summed E-state index contributed by atoms with van der Waals surface area (Å²) in [5.74, 6) is 3.16. The van der Waals surface area contributed by atoms with Gasteiger partial charge in [-0.1, -0.05) is 6.42 Å². The van der Waals surface area contributed by atoms with E-state index in [9.17, 15) is 4.79 Å². The quantitative estimate of drug-likeness (QED) is 0.813. The summed E-state index contributed by atoms with van der Waals surface area (Å²) in [6.45, 7) is 3.79. The molecule has 3 N–H and O–H groups in total. The topological polar surface area (TPSA) is 64.3 Å². The molecule has 21 heavy (non-hydrogen) atoms. The molecule has 3 rings (SSSR count). The number of anilines is 2. The zero-order valence-electron chi connectivity index (χ0n) is 12.9. The second kappa shape index (κ2) is 5.52. The first kappa shape index (κ1) is 14.7. The monoisotopic (exact) mass is 308 g/mol. The van der Waals surface area contributed by atoms with Gasteiger partial charge >= 0.3 is 0 Å². The summed E-state index contributed by atoms with van der Waals surface area (Å²) in [6.07, 6.45) is 5.53. The van der Waals surface area contributed by atoms with E-state index in [0.29, 0.717) is 22.4 Å². The van der Waals surface area contributed by atoms with Crippen molar-refractivity contribution in [1.29, 1.82) is 0 Å². The summed E-state index contributed by atoms with van der Waals surface area (Å²) < 4.78 is 5.40. The Balaban J connectivity index is 1.78. The van der Waals surface area contributed by atoms with Gasteiger partial charge in [-0.3, -0.25) is 4.79 Å². The molecule has 0 aromatic carbocycles. The molecule has 2 saturated carbocycles. The van der Waals surface area contributed by atoms with Crippen molar-refractivity contribution in [3.63, 3.8) is 0 Å². The van der Waals surface area contributed by atoms with Gasteiger partial charge in [0.2, 0.25) is 0 Å². The number of nitrogen functional groups attached to an aromatic ring is 1. The molecule has 5 heteroatoms. The molecule has 0 radical (unpaired) electrons. The third-order valence-electron chi connectivity index (χ3n) is 5.22. The number of carbonyl (C=O) groups excluding carboxylic acids is 1. The fourth-order valence-corrected chi connectivity index (χ4v) is 5.29. The van der Waals surface area contributed by atoms with Gasteiger partial charge in [0.15, 0.2) is 11.5 Å². The molecule has 0 saturated heterocycles. The molecule has 0 aliphatic heterocycles. The molecule has 2 aliphatic carbocycles. The molecule has 1 heterocycles. The maximum absolute atomic E-state index is 11.6. The van der Waals surface area contributed by atoms with Crippen molar-refractivity contribution in [2.45, 2.75) is 45.6 Å². The Hall–Kier alpha value is -1.23. The Kier molecular flexibility index (Phi) is 3.86. The van der Waals surface area contributed by atoms with E-state index in [1.165, 1.54) is 37.0 Å². The predicted molar refractivity (Wildman–Crippen MR) is 87.3 cm³/mol. The molecule has 0 spiro atoms. The molecule has 0 amide bonds. The van der Waals surface area contributed by atoms with E-state index < -0.39 is 0 Å². The third kappa shape index (κ3) is 2.52. The third-order valence-corrected chi connectivity index (χ3v) is 6.44. The van der Waals surface area contributed by atoms with Gasteiger partial charge in [0.05, 0.1) is 17.7 Å². The number of carbonyl (C=O) groups is 1. The van der Waals surface area contributed by atoms with Gasteiger partial charge in [0.1, 0.15) is 5.00 Å². The van der Waals surface area contributed by atoms with Crippen LogP contribution in [0.1, 0.15) is 49.2 Å². The molecule has 2 aliphatic rings. The number of ketones is 1. The lowest BCUT2D eigenvalue weighted by Gasteiger charge is -2.29. The van der Waals surface area contributed by atoms with Crippen molar-refractivity contribution in [3.05, 3.63) is 4.88 Å². The fraction of sp³-hybridized carbons (Fsp3) is 0.688. The highest BCUT2D eigenvalue weighted by atomic mass is 32.1. The van der Waals surface area contributed by atoms with Gasteiger partial charge in [-0.25, -0.2) is 0 Å². The van der Waals surface area contributed by atoms with Gasteiger partial charge < -0.3 is 15.8 Å². The lowest BCUT2D eigenvalue weighted by atomic mass is 9.84. The van der Waals surface area contributed by atoms with Gasteiger partial charge in [0, 0.05) is 13.0 Å². The van der Waals surface area contributed by atoms with Crippen molar-refractivity contribution < 1.29 is 9.53 Å². The summed E-state index contributed by atoms with van der Waals surface area (Å²) in [7, 11) is 1.61. The Labute approximate surface area is 130 Å². The smallest absolute Gasteiger partial charge is 0.176 e. The number of nitrogens with two attached hydrogens (primary N) is 1. The lowest BCUT2D eigenvalue weighted by molar-refractivity contribution is 0.102. The largest absolute Gasteiger partial charge is 0.492 e. The number of rotatable bonds is 5. The van der Waals surface area contributed by atoms with Crippen LogP contribution < -0.4 is 15.8 Å². The SMILES string of the molecule is COc1c(NC(C)C2CC3CCC2C3)sc(C(C)=O)c1N. The molecular formula is C16H24N2O2S. The summed E-state index contributed by atoms with van der Waals surface area (Å²) in [4.78, 5) is 12.2. The van der Waals surface area contributed by atoms with Crippen molar-refractivity contribution >= 4 is 27.8 Å². The van der Waals surface area contributed by atoms with Crippen LogP contribution in [0.3, 0.4) is 0 Å². The minimum absolute atomic E-state index is 0.00331. The molecule has 2 bridgehead atoms. The normalized spacial score (nSPS) is 28.6. The minimum Gasteiger partial charge on any atom is -0.492 e. The number of hydrogen-bond acceptors (Lipinski definition) is 5. The van der Waals surface area contributed by atoms with Crippen LogP contribution in [-0.4, -0.2) is 18.9 Å². The van der Waals surface area contributed by atoms with Crippen molar-refractivity contribution in [2.75, 3.05) is 18.2 Å². The molecule has 116 valence electrons. The number of thiophene rings is 1. The maximum atomic E-state index is 11.6. The molecule has 4 unspecified atom stereocenters. The second-order valence-corrected chi connectivity index (χ2v) is 7.56. The van der Waals surface area contributed by atoms with Crippen LogP contribution in [0.4, 0.5) is 10.7 Å². The first-order valence-corrected chi connectivity index (χ1v) is 8.56. The molecule has 1 aromatic rings. The lowest BCUT2D eigenvalue weighted by Crippen LogP contribution is -2.29. The predicted octanol–water partition coefficient (Wildman–Crippen LogP) is 3.78.